The van der Waals surface area contributed by atoms with Crippen LogP contribution < -0.4 is 15.5 Å². The highest BCUT2D eigenvalue weighted by atomic mass is 16.0. The van der Waals surface area contributed by atoms with E-state index in [0.29, 0.717) is 0 Å². The number of nitrogens with zero attached hydrogens (tertiary/aromatic N) is 2. The number of hydrogen-bond donors (Lipinski definition) is 1. The molecule has 0 bridgehead atoms. The molecule has 0 amide bonds. The number of benzene rings is 5. The minimum Gasteiger partial charge on any atom is -0.412 e. The van der Waals surface area contributed by atoms with E-state index in [-0.39, 0.29) is 5.48 Å². The van der Waals surface area contributed by atoms with Crippen LogP contribution in [0.2, 0.25) is 0 Å². The lowest BCUT2D eigenvalue weighted by atomic mass is 10.0. The Bertz CT molecular complexity index is 1300. The Morgan fingerprint density at radius 2 is 0.771 bits per heavy atom. The maximum Gasteiger partial charge on any atom is 0.0462 e. The van der Waals surface area contributed by atoms with Crippen LogP contribution in [0.1, 0.15) is 0 Å². The van der Waals surface area contributed by atoms with Gasteiger partial charge in [0.1, 0.15) is 0 Å². The van der Waals surface area contributed by atoms with Crippen molar-refractivity contribution >= 4 is 34.1 Å². The second-order valence-electron chi connectivity index (χ2n) is 8.25. The molecule has 0 heterocycles. The van der Waals surface area contributed by atoms with Crippen LogP contribution in [0.4, 0.5) is 34.1 Å². The van der Waals surface area contributed by atoms with Gasteiger partial charge in [0.25, 0.3) is 0 Å². The second kappa shape index (κ2) is 10.6. The van der Waals surface area contributed by atoms with E-state index in [1.54, 1.807) is 0 Å². The maximum absolute atomic E-state index is 5.82. The summed E-state index contributed by atoms with van der Waals surface area (Å²) < 4.78 is 0. The van der Waals surface area contributed by atoms with Crippen molar-refractivity contribution in [3.63, 3.8) is 0 Å². The number of para-hydroxylation sites is 2. The van der Waals surface area contributed by atoms with Gasteiger partial charge >= 0.3 is 0 Å². The van der Waals surface area contributed by atoms with Crippen molar-refractivity contribution in [3.05, 3.63) is 133 Å². The third-order valence-electron chi connectivity index (χ3n) is 6.02. The molecule has 0 aliphatic carbocycles. The summed E-state index contributed by atoms with van der Waals surface area (Å²) in [5, 5.41) is 0. The van der Waals surface area contributed by atoms with Gasteiger partial charge in [-0.1, -0.05) is 60.7 Å². The number of rotatable bonds is 6. The van der Waals surface area contributed by atoms with Gasteiger partial charge in [0.2, 0.25) is 0 Å². The van der Waals surface area contributed by atoms with Crippen molar-refractivity contribution in [3.8, 4) is 11.1 Å². The summed E-state index contributed by atoms with van der Waals surface area (Å²) >= 11 is 0. The predicted molar refractivity (Wildman–Crippen MR) is 149 cm³/mol. The van der Waals surface area contributed by atoms with E-state index in [1.165, 1.54) is 11.1 Å². The molecule has 5 aromatic rings. The fourth-order valence-corrected chi connectivity index (χ4v) is 4.13. The zero-order chi connectivity index (χ0) is 23.3. The Labute approximate surface area is 206 Å². The molecule has 0 spiro atoms. The molecule has 5 aromatic carbocycles. The number of nitrogens with two attached hydrogens (primary N) is 1. The molecule has 0 fully saturated rings. The van der Waals surface area contributed by atoms with Gasteiger partial charge in [-0.2, -0.15) is 0 Å². The lowest BCUT2D eigenvalue weighted by Gasteiger charge is -2.25. The summed E-state index contributed by atoms with van der Waals surface area (Å²) in [5.41, 5.74) is 14.6. The zero-order valence-electron chi connectivity index (χ0n) is 19.7. The highest BCUT2D eigenvalue weighted by Crippen LogP contribution is 2.35. The summed E-state index contributed by atoms with van der Waals surface area (Å²) in [6.07, 6.45) is 0. The smallest absolute Gasteiger partial charge is 0.0462 e. The Hall–Kier alpha value is -4.54. The van der Waals surface area contributed by atoms with Crippen LogP contribution in [0.5, 0.6) is 0 Å². The fourth-order valence-electron chi connectivity index (χ4n) is 4.13. The summed E-state index contributed by atoms with van der Waals surface area (Å²) in [7, 11) is 2.07. The highest BCUT2D eigenvalue weighted by Gasteiger charge is 2.12. The van der Waals surface area contributed by atoms with Crippen LogP contribution >= 0.6 is 0 Å². The van der Waals surface area contributed by atoms with Crippen molar-refractivity contribution < 1.29 is 5.48 Å². The van der Waals surface area contributed by atoms with Crippen LogP contribution in [0.25, 0.3) is 11.1 Å². The average Bonchev–Trinajstić information content (AvgIpc) is 2.91. The van der Waals surface area contributed by atoms with Gasteiger partial charge in [-0.3, -0.25) is 0 Å². The molecular weight excluding hydrogens is 430 g/mol. The fraction of sp³-hybridized carbons (Fsp3) is 0.0323. The first kappa shape index (κ1) is 23.6. The molecule has 0 unspecified atom stereocenters. The summed E-state index contributed by atoms with van der Waals surface area (Å²) in [6, 6.07) is 46.2. The largest absolute Gasteiger partial charge is 0.412 e. The van der Waals surface area contributed by atoms with Gasteiger partial charge in [-0.15, -0.1) is 0 Å². The Morgan fingerprint density at radius 3 is 1.20 bits per heavy atom. The molecule has 0 aliphatic rings. The first-order valence-corrected chi connectivity index (χ1v) is 11.4. The lowest BCUT2D eigenvalue weighted by Crippen LogP contribution is -2.09. The van der Waals surface area contributed by atoms with Gasteiger partial charge in [0.05, 0.1) is 0 Å². The topological polar surface area (TPSA) is 64.0 Å². The summed E-state index contributed by atoms with van der Waals surface area (Å²) in [4.78, 5) is 4.43. The van der Waals surface area contributed by atoms with Gasteiger partial charge in [-0.25, -0.2) is 0 Å². The van der Waals surface area contributed by atoms with E-state index in [9.17, 15) is 0 Å². The molecule has 4 heteroatoms. The molecule has 0 aliphatic heterocycles. The quantitative estimate of drug-likeness (QED) is 0.270. The van der Waals surface area contributed by atoms with E-state index in [2.05, 4.69) is 114 Å². The molecule has 0 saturated heterocycles. The van der Waals surface area contributed by atoms with Gasteiger partial charge in [0.15, 0.2) is 0 Å². The third kappa shape index (κ3) is 5.18. The van der Waals surface area contributed by atoms with Crippen molar-refractivity contribution in [1.29, 1.82) is 0 Å². The first-order valence-electron chi connectivity index (χ1n) is 11.4. The van der Waals surface area contributed by atoms with Crippen molar-refractivity contribution in [2.24, 2.45) is 0 Å². The molecule has 0 atom stereocenters. The van der Waals surface area contributed by atoms with Gasteiger partial charge in [0, 0.05) is 41.2 Å². The average molecular weight is 460 g/mol. The predicted octanol–water partition coefficient (Wildman–Crippen LogP) is 7.35. The second-order valence-corrected chi connectivity index (χ2v) is 8.25. The van der Waals surface area contributed by atoms with Crippen LogP contribution in [0.3, 0.4) is 0 Å². The SMILES string of the molecule is CN(c1ccc(N)cc1)c1ccc(-c2ccc(N(c3ccccc3)c3ccccc3)cc2)cc1.O. The molecule has 35 heavy (non-hydrogen) atoms. The van der Waals surface area contributed by atoms with E-state index >= 15 is 0 Å². The Kier molecular flexibility index (Phi) is 7.15. The third-order valence-corrected chi connectivity index (χ3v) is 6.02. The van der Waals surface area contributed by atoms with Crippen LogP contribution in [-0.2, 0) is 0 Å². The number of anilines is 6. The molecule has 4 nitrogen and oxygen atoms in total. The monoisotopic (exact) mass is 459 g/mol. The Balaban J connectivity index is 0.00000289. The van der Waals surface area contributed by atoms with E-state index in [0.717, 1.165) is 34.1 Å². The zero-order valence-corrected chi connectivity index (χ0v) is 19.7. The molecule has 0 saturated carbocycles. The van der Waals surface area contributed by atoms with Crippen molar-refractivity contribution in [2.75, 3.05) is 22.6 Å². The van der Waals surface area contributed by atoms with E-state index < -0.39 is 0 Å². The molecular formula is C31H29N3O. The normalized spacial score (nSPS) is 10.3. The number of hydrogen-bond acceptors (Lipinski definition) is 3. The maximum atomic E-state index is 5.82. The first-order chi connectivity index (χ1) is 16.7. The van der Waals surface area contributed by atoms with E-state index in [4.69, 9.17) is 5.73 Å². The van der Waals surface area contributed by atoms with E-state index in [1.807, 2.05) is 36.4 Å². The molecule has 174 valence electrons. The van der Waals surface area contributed by atoms with Crippen LogP contribution in [0, 0.1) is 0 Å². The van der Waals surface area contributed by atoms with Crippen molar-refractivity contribution in [1.82, 2.24) is 0 Å². The standard InChI is InChI=1S/C31H27N3.H2O/c1-33(28-22-16-26(32)17-23-28)27-18-12-24(13-19-27)25-14-20-31(21-15-25)34(29-8-4-2-5-9-29)30-10-6-3-7-11-30;/h2-23H,32H2,1H3;1H2. The lowest BCUT2D eigenvalue weighted by molar-refractivity contribution is 0.824. The molecule has 0 aromatic heterocycles. The number of nitrogen functional groups attached to an aromatic ring is 1. The summed E-state index contributed by atoms with van der Waals surface area (Å²) in [6.45, 7) is 0. The molecule has 5 rings (SSSR count). The Morgan fingerprint density at radius 1 is 0.429 bits per heavy atom. The van der Waals surface area contributed by atoms with Crippen LogP contribution in [-0.4, -0.2) is 12.5 Å². The minimum atomic E-state index is 0. The molecule has 0 radical (unpaired) electrons. The van der Waals surface area contributed by atoms with Crippen LogP contribution in [0.15, 0.2) is 133 Å². The van der Waals surface area contributed by atoms with Crippen molar-refractivity contribution in [2.45, 2.75) is 0 Å². The minimum absolute atomic E-state index is 0. The van der Waals surface area contributed by atoms with Gasteiger partial charge < -0.3 is 21.0 Å². The molecule has 4 N–H and O–H groups in total. The highest BCUT2D eigenvalue weighted by molar-refractivity contribution is 5.78. The summed E-state index contributed by atoms with van der Waals surface area (Å²) in [5.74, 6) is 0. The van der Waals surface area contributed by atoms with Gasteiger partial charge in [-0.05, 0) is 83.9 Å².